The Kier molecular flexibility index (Phi) is 4.12. The second kappa shape index (κ2) is 5.30. The number of rotatable bonds is 4. The maximum atomic E-state index is 12.1. The summed E-state index contributed by atoms with van der Waals surface area (Å²) in [5.41, 5.74) is -0.269. The van der Waals surface area contributed by atoms with Gasteiger partial charge < -0.3 is 9.84 Å². The Hall–Kier alpha value is -0.410. The zero-order chi connectivity index (χ0) is 13.3. The van der Waals surface area contributed by atoms with Gasteiger partial charge in [-0.2, -0.15) is 0 Å². The normalized spacial score (nSPS) is 41.8. The van der Waals surface area contributed by atoms with Gasteiger partial charge in [0, 0.05) is 18.9 Å². The topological polar surface area (TPSA) is 46.5 Å². The van der Waals surface area contributed by atoms with Crippen LogP contribution in [0.25, 0.3) is 0 Å². The number of carbonyl (C=O) groups excluding carboxylic acids is 1. The predicted molar refractivity (Wildman–Crippen MR) is 70.3 cm³/mol. The number of ether oxygens (including phenoxy) is 1. The van der Waals surface area contributed by atoms with Crippen LogP contribution < -0.4 is 0 Å². The first-order valence-corrected chi connectivity index (χ1v) is 7.25. The van der Waals surface area contributed by atoms with E-state index in [9.17, 15) is 9.90 Å². The van der Waals surface area contributed by atoms with E-state index in [1.807, 2.05) is 0 Å². The fourth-order valence-corrected chi connectivity index (χ4v) is 4.23. The molecule has 0 aromatic rings. The number of carbonyl (C=O) groups is 1. The van der Waals surface area contributed by atoms with E-state index in [4.69, 9.17) is 4.74 Å². The molecule has 3 nitrogen and oxygen atoms in total. The molecule has 0 aliphatic heterocycles. The average molecular weight is 254 g/mol. The van der Waals surface area contributed by atoms with E-state index in [2.05, 4.69) is 13.8 Å². The summed E-state index contributed by atoms with van der Waals surface area (Å²) in [6.07, 6.45) is 5.15. The molecule has 0 amide bonds. The van der Waals surface area contributed by atoms with Gasteiger partial charge in [-0.05, 0) is 43.9 Å². The molecule has 0 spiro atoms. The van der Waals surface area contributed by atoms with E-state index in [0.29, 0.717) is 30.5 Å². The SMILES string of the molecule is CCC(C[C@@H]1C[C@H](O)C[C@]2(C)C(=O)CC[C@@H]12)OC. The van der Waals surface area contributed by atoms with Crippen LogP contribution in [0.5, 0.6) is 0 Å². The van der Waals surface area contributed by atoms with E-state index >= 15 is 0 Å². The first-order valence-electron chi connectivity index (χ1n) is 7.25. The van der Waals surface area contributed by atoms with Crippen molar-refractivity contribution in [3.05, 3.63) is 0 Å². The fourth-order valence-electron chi connectivity index (χ4n) is 4.23. The first-order chi connectivity index (χ1) is 8.51. The van der Waals surface area contributed by atoms with Crippen molar-refractivity contribution in [2.24, 2.45) is 17.3 Å². The summed E-state index contributed by atoms with van der Waals surface area (Å²) in [6, 6.07) is 0. The maximum Gasteiger partial charge on any atom is 0.139 e. The van der Waals surface area contributed by atoms with Crippen LogP contribution in [0.15, 0.2) is 0 Å². The molecule has 3 heteroatoms. The van der Waals surface area contributed by atoms with Gasteiger partial charge in [-0.25, -0.2) is 0 Å². The Morgan fingerprint density at radius 1 is 1.56 bits per heavy atom. The van der Waals surface area contributed by atoms with Crippen LogP contribution in [-0.4, -0.2) is 30.2 Å². The molecule has 0 saturated heterocycles. The van der Waals surface area contributed by atoms with Gasteiger partial charge in [0.05, 0.1) is 12.2 Å². The first kappa shape index (κ1) is 14.0. The van der Waals surface area contributed by atoms with Gasteiger partial charge in [-0.15, -0.1) is 0 Å². The molecule has 1 N–H and O–H groups in total. The Bertz CT molecular complexity index is 311. The Labute approximate surface area is 110 Å². The lowest BCUT2D eigenvalue weighted by Gasteiger charge is -2.43. The Morgan fingerprint density at radius 2 is 2.28 bits per heavy atom. The molecule has 0 bridgehead atoms. The molecule has 2 rings (SSSR count). The molecule has 0 heterocycles. The summed E-state index contributed by atoms with van der Waals surface area (Å²) >= 11 is 0. The summed E-state index contributed by atoms with van der Waals surface area (Å²) in [4.78, 5) is 12.1. The summed E-state index contributed by atoms with van der Waals surface area (Å²) in [6.45, 7) is 4.20. The van der Waals surface area contributed by atoms with Gasteiger partial charge >= 0.3 is 0 Å². The van der Waals surface area contributed by atoms with Crippen LogP contribution in [0.3, 0.4) is 0 Å². The van der Waals surface area contributed by atoms with E-state index < -0.39 is 0 Å². The molecule has 2 aliphatic carbocycles. The second-order valence-electron chi connectivity index (χ2n) is 6.34. The molecule has 104 valence electrons. The third-order valence-electron chi connectivity index (χ3n) is 5.30. The maximum absolute atomic E-state index is 12.1. The molecule has 18 heavy (non-hydrogen) atoms. The summed E-state index contributed by atoms with van der Waals surface area (Å²) in [5.74, 6) is 1.26. The van der Waals surface area contributed by atoms with Gasteiger partial charge in [0.2, 0.25) is 0 Å². The highest BCUT2D eigenvalue weighted by Crippen LogP contribution is 2.53. The van der Waals surface area contributed by atoms with Crippen LogP contribution in [0.4, 0.5) is 0 Å². The van der Waals surface area contributed by atoms with Crippen molar-refractivity contribution in [2.75, 3.05) is 7.11 Å². The van der Waals surface area contributed by atoms with E-state index in [-0.39, 0.29) is 17.6 Å². The molecule has 5 atom stereocenters. The van der Waals surface area contributed by atoms with Crippen LogP contribution in [0.1, 0.15) is 52.4 Å². The highest BCUT2D eigenvalue weighted by Gasteiger charge is 2.53. The summed E-state index contributed by atoms with van der Waals surface area (Å²) in [7, 11) is 1.76. The van der Waals surface area contributed by atoms with Crippen LogP contribution in [0, 0.1) is 17.3 Å². The van der Waals surface area contributed by atoms with Gasteiger partial charge in [-0.3, -0.25) is 4.79 Å². The second-order valence-corrected chi connectivity index (χ2v) is 6.34. The summed E-state index contributed by atoms with van der Waals surface area (Å²) in [5, 5.41) is 10.1. The number of aliphatic hydroxyl groups is 1. The van der Waals surface area contributed by atoms with Crippen molar-refractivity contribution in [3.8, 4) is 0 Å². The van der Waals surface area contributed by atoms with Gasteiger partial charge in [0.25, 0.3) is 0 Å². The standard InChI is InChI=1S/C15H26O3/c1-4-12(18-3)8-10-7-11(16)9-15(2)13(10)5-6-14(15)17/h10-13,16H,4-9H2,1-3H3/t10-,11-,12?,13-,15-/m0/s1. The molecular formula is C15H26O3. The van der Waals surface area contributed by atoms with E-state index in [1.165, 1.54) is 0 Å². The molecule has 0 aromatic carbocycles. The van der Waals surface area contributed by atoms with Gasteiger partial charge in [0.1, 0.15) is 5.78 Å². The smallest absolute Gasteiger partial charge is 0.139 e. The summed E-state index contributed by atoms with van der Waals surface area (Å²) < 4.78 is 5.48. The molecule has 0 aromatic heterocycles. The van der Waals surface area contributed by atoms with Gasteiger partial charge in [0.15, 0.2) is 0 Å². The van der Waals surface area contributed by atoms with Crippen LogP contribution >= 0.6 is 0 Å². The average Bonchev–Trinajstić information content (AvgIpc) is 2.62. The largest absolute Gasteiger partial charge is 0.393 e. The van der Waals surface area contributed by atoms with Gasteiger partial charge in [-0.1, -0.05) is 13.8 Å². The van der Waals surface area contributed by atoms with Crippen molar-refractivity contribution in [3.63, 3.8) is 0 Å². The highest BCUT2D eigenvalue weighted by atomic mass is 16.5. The minimum Gasteiger partial charge on any atom is -0.393 e. The van der Waals surface area contributed by atoms with E-state index in [0.717, 1.165) is 25.7 Å². The van der Waals surface area contributed by atoms with Crippen molar-refractivity contribution < 1.29 is 14.6 Å². The molecule has 2 saturated carbocycles. The number of methoxy groups -OCH3 is 1. The fraction of sp³-hybridized carbons (Fsp3) is 0.933. The zero-order valence-corrected chi connectivity index (χ0v) is 11.8. The molecule has 2 aliphatic rings. The van der Waals surface area contributed by atoms with Crippen molar-refractivity contribution >= 4 is 5.78 Å². The number of aliphatic hydroxyl groups excluding tert-OH is 1. The lowest BCUT2D eigenvalue weighted by Crippen LogP contribution is -2.43. The highest BCUT2D eigenvalue weighted by molar-refractivity contribution is 5.87. The minimum atomic E-state index is -0.312. The van der Waals surface area contributed by atoms with Crippen molar-refractivity contribution in [1.82, 2.24) is 0 Å². The molecule has 0 radical (unpaired) electrons. The lowest BCUT2D eigenvalue weighted by molar-refractivity contribution is -0.132. The van der Waals surface area contributed by atoms with Crippen molar-refractivity contribution in [1.29, 1.82) is 0 Å². The minimum absolute atomic E-state index is 0.264. The van der Waals surface area contributed by atoms with Crippen molar-refractivity contribution in [2.45, 2.75) is 64.6 Å². The molecule has 1 unspecified atom stereocenters. The molecule has 2 fully saturated rings. The Morgan fingerprint density at radius 3 is 2.89 bits per heavy atom. The lowest BCUT2D eigenvalue weighted by atomic mass is 9.62. The number of hydrogen-bond acceptors (Lipinski definition) is 3. The van der Waals surface area contributed by atoms with E-state index in [1.54, 1.807) is 7.11 Å². The number of fused-ring (bicyclic) bond motifs is 1. The number of ketones is 1. The third kappa shape index (κ3) is 2.35. The molecular weight excluding hydrogens is 228 g/mol. The zero-order valence-electron chi connectivity index (χ0n) is 11.8. The Balaban J connectivity index is 2.13. The third-order valence-corrected chi connectivity index (χ3v) is 5.30. The van der Waals surface area contributed by atoms with Crippen LogP contribution in [-0.2, 0) is 9.53 Å². The number of Topliss-reactive ketones (excluding diaryl/α,β-unsaturated/α-hetero) is 1. The van der Waals surface area contributed by atoms with Crippen LogP contribution in [0.2, 0.25) is 0 Å². The predicted octanol–water partition coefficient (Wildman–Crippen LogP) is 2.56. The quantitative estimate of drug-likeness (QED) is 0.838. The monoisotopic (exact) mass is 254 g/mol. The number of hydrogen-bond donors (Lipinski definition) is 1.